The Morgan fingerprint density at radius 2 is 1.50 bits per heavy atom. The summed E-state index contributed by atoms with van der Waals surface area (Å²) in [5.74, 6) is 6.59. The molecule has 0 aromatic rings. The van der Waals surface area contributed by atoms with Crippen molar-refractivity contribution in [2.75, 3.05) is 17.4 Å². The van der Waals surface area contributed by atoms with Crippen molar-refractivity contribution in [3.05, 3.63) is 11.6 Å². The topological polar surface area (TPSA) is 37.3 Å². The van der Waals surface area contributed by atoms with Crippen LogP contribution in [0.4, 0.5) is 0 Å². The van der Waals surface area contributed by atoms with E-state index in [2.05, 4.69) is 38.6 Å². The fourth-order valence-corrected chi connectivity index (χ4v) is 10.5. The molecule has 0 heterocycles. The van der Waals surface area contributed by atoms with Crippen molar-refractivity contribution in [2.24, 2.45) is 34.5 Å². The van der Waals surface area contributed by atoms with Crippen molar-refractivity contribution in [2.45, 2.75) is 142 Å². The Morgan fingerprint density at radius 3 is 2.21 bits per heavy atom. The zero-order valence-electron chi connectivity index (χ0n) is 24.9. The Kier molecular flexibility index (Phi) is 11.2. The molecule has 0 amide bonds. The van der Waals surface area contributed by atoms with Crippen LogP contribution in [0.2, 0.25) is 0 Å². The van der Waals surface area contributed by atoms with E-state index in [1.165, 1.54) is 101 Å². The zero-order valence-corrected chi connectivity index (χ0v) is 26.5. The highest BCUT2D eigenvalue weighted by Gasteiger charge is 2.64. The van der Waals surface area contributed by atoms with Crippen LogP contribution in [-0.4, -0.2) is 33.9 Å². The summed E-state index contributed by atoms with van der Waals surface area (Å²) in [6, 6.07) is 0. The summed E-state index contributed by atoms with van der Waals surface area (Å²) in [6.07, 6.45) is 24.3. The maximum Gasteiger partial charge on any atom is 0.155 e. The van der Waals surface area contributed by atoms with Crippen LogP contribution in [0.25, 0.3) is 0 Å². The lowest BCUT2D eigenvalue weighted by atomic mass is 9.44. The van der Waals surface area contributed by atoms with Gasteiger partial charge in [0, 0.05) is 12.3 Å². The van der Waals surface area contributed by atoms with E-state index >= 15 is 0 Å². The second-order valence-corrected chi connectivity index (χ2v) is 15.8. The van der Waals surface area contributed by atoms with Crippen LogP contribution in [0.15, 0.2) is 11.6 Å². The molecular formula is C34H57ClO2S. The summed E-state index contributed by atoms with van der Waals surface area (Å²) in [6.45, 7) is 7.03. The molecule has 3 saturated carbocycles. The van der Waals surface area contributed by atoms with Gasteiger partial charge in [-0.25, -0.2) is 0 Å². The quantitative estimate of drug-likeness (QED) is 0.159. The van der Waals surface area contributed by atoms with Gasteiger partial charge in [-0.2, -0.15) is 11.8 Å². The lowest BCUT2D eigenvalue weighted by Crippen LogP contribution is -2.56. The molecule has 0 spiro atoms. The summed E-state index contributed by atoms with van der Waals surface area (Å²) in [5, 5.41) is 11.4. The van der Waals surface area contributed by atoms with Crippen molar-refractivity contribution in [1.82, 2.24) is 0 Å². The van der Waals surface area contributed by atoms with Crippen LogP contribution in [0.3, 0.4) is 0 Å². The average Bonchev–Trinajstić information content (AvgIpc) is 3.13. The third-order valence-corrected chi connectivity index (χ3v) is 13.4. The first kappa shape index (κ1) is 31.0. The monoisotopic (exact) mass is 564 g/mol. The first-order valence-electron chi connectivity index (χ1n) is 16.3. The van der Waals surface area contributed by atoms with Gasteiger partial charge in [0.05, 0.1) is 5.60 Å². The second-order valence-electron chi connectivity index (χ2n) is 14.2. The number of alkyl halides is 1. The van der Waals surface area contributed by atoms with Gasteiger partial charge >= 0.3 is 0 Å². The fraction of sp³-hybridized carbons (Fsp3) is 0.912. The molecule has 38 heavy (non-hydrogen) atoms. The third kappa shape index (κ3) is 6.73. The van der Waals surface area contributed by atoms with Crippen LogP contribution < -0.4 is 0 Å². The standard InChI is InChI=1S/C34H57ClO2S/c1-32-18-15-28(36)25-27(32)24-26(31-29(32)16-19-33(2)30(31)17-20-34(33,3)37)14-10-7-5-4-6-8-12-22-38-23-13-9-11-21-35/h25-26,29-31,37H,4-24H2,1-3H3/t26-,29?,30?,31?,32+,33+,34+/m1/s1. The minimum Gasteiger partial charge on any atom is -0.390 e. The number of aliphatic hydroxyl groups is 1. The molecule has 3 fully saturated rings. The zero-order chi connectivity index (χ0) is 27.2. The van der Waals surface area contributed by atoms with E-state index in [-0.39, 0.29) is 10.8 Å². The third-order valence-electron chi connectivity index (χ3n) is 12.0. The van der Waals surface area contributed by atoms with Gasteiger partial charge in [-0.15, -0.1) is 11.6 Å². The van der Waals surface area contributed by atoms with E-state index in [4.69, 9.17) is 11.6 Å². The lowest BCUT2D eigenvalue weighted by Gasteiger charge is -2.61. The fourth-order valence-electron chi connectivity index (χ4n) is 9.32. The molecule has 0 aliphatic heterocycles. The molecule has 0 radical (unpaired) electrons. The van der Waals surface area contributed by atoms with Crippen LogP contribution in [0.5, 0.6) is 0 Å². The minimum atomic E-state index is -0.518. The van der Waals surface area contributed by atoms with Crippen molar-refractivity contribution in [3.8, 4) is 0 Å². The summed E-state index contributed by atoms with van der Waals surface area (Å²) in [4.78, 5) is 12.4. The molecule has 7 atom stereocenters. The van der Waals surface area contributed by atoms with Crippen molar-refractivity contribution >= 4 is 29.1 Å². The Balaban J connectivity index is 1.24. The SMILES string of the molecule is C[C@]12CCC(=O)C=C1C[C@@H](CCCCCCCCCSCCCCCCl)C1C2CC[C@@]2(C)C1CC[C@]2(C)O. The van der Waals surface area contributed by atoms with Gasteiger partial charge in [-0.05, 0) is 123 Å². The molecular weight excluding hydrogens is 508 g/mol. The van der Waals surface area contributed by atoms with Gasteiger partial charge in [-0.1, -0.05) is 64.4 Å². The first-order valence-corrected chi connectivity index (χ1v) is 18.0. The van der Waals surface area contributed by atoms with E-state index in [1.54, 1.807) is 0 Å². The predicted molar refractivity (Wildman–Crippen MR) is 165 cm³/mol. The molecule has 4 aliphatic carbocycles. The number of allylic oxidation sites excluding steroid dienone is 1. The summed E-state index contributed by atoms with van der Waals surface area (Å²) < 4.78 is 0. The Bertz CT molecular complexity index is 808. The number of carbonyl (C=O) groups excluding carboxylic acids is 1. The smallest absolute Gasteiger partial charge is 0.155 e. The highest BCUT2D eigenvalue weighted by Crippen LogP contribution is 2.69. The molecule has 218 valence electrons. The maximum atomic E-state index is 12.4. The van der Waals surface area contributed by atoms with Gasteiger partial charge in [0.2, 0.25) is 0 Å². The molecule has 0 saturated heterocycles. The van der Waals surface area contributed by atoms with Crippen molar-refractivity contribution < 1.29 is 9.90 Å². The first-order chi connectivity index (χ1) is 18.2. The van der Waals surface area contributed by atoms with Crippen molar-refractivity contribution in [1.29, 1.82) is 0 Å². The summed E-state index contributed by atoms with van der Waals surface area (Å²) in [5.41, 5.74) is 1.25. The van der Waals surface area contributed by atoms with Gasteiger partial charge in [0.1, 0.15) is 0 Å². The molecule has 0 bridgehead atoms. The highest BCUT2D eigenvalue weighted by atomic mass is 35.5. The lowest BCUT2D eigenvalue weighted by molar-refractivity contribution is -0.135. The van der Waals surface area contributed by atoms with Gasteiger partial charge < -0.3 is 5.11 Å². The number of unbranched alkanes of at least 4 members (excludes halogenated alkanes) is 8. The number of rotatable bonds is 15. The molecule has 3 unspecified atom stereocenters. The number of halogens is 1. The van der Waals surface area contributed by atoms with Crippen LogP contribution in [-0.2, 0) is 4.79 Å². The summed E-state index contributed by atoms with van der Waals surface area (Å²) >= 11 is 7.88. The Morgan fingerprint density at radius 1 is 0.868 bits per heavy atom. The molecule has 4 aliphatic rings. The van der Waals surface area contributed by atoms with Gasteiger partial charge in [0.15, 0.2) is 5.78 Å². The number of ketones is 1. The molecule has 0 aromatic heterocycles. The normalized spacial score (nSPS) is 38.4. The van der Waals surface area contributed by atoms with Crippen molar-refractivity contribution in [3.63, 3.8) is 0 Å². The molecule has 0 aromatic carbocycles. The molecule has 4 heteroatoms. The van der Waals surface area contributed by atoms with E-state index in [0.717, 1.165) is 43.9 Å². The molecule has 2 nitrogen and oxygen atoms in total. The Labute approximate surface area is 243 Å². The van der Waals surface area contributed by atoms with E-state index < -0.39 is 5.60 Å². The number of thioether (sulfide) groups is 1. The van der Waals surface area contributed by atoms with Crippen LogP contribution in [0.1, 0.15) is 136 Å². The predicted octanol–water partition coefficient (Wildman–Crippen LogP) is 9.76. The van der Waals surface area contributed by atoms with Crippen LogP contribution in [0, 0.1) is 34.5 Å². The minimum absolute atomic E-state index is 0.0664. The molecule has 1 N–H and O–H groups in total. The van der Waals surface area contributed by atoms with E-state index in [9.17, 15) is 9.90 Å². The largest absolute Gasteiger partial charge is 0.390 e. The average molecular weight is 565 g/mol. The highest BCUT2D eigenvalue weighted by molar-refractivity contribution is 7.99. The second kappa shape index (κ2) is 13.8. The Hall–Kier alpha value is 0.01000. The van der Waals surface area contributed by atoms with Gasteiger partial charge in [-0.3, -0.25) is 4.79 Å². The van der Waals surface area contributed by atoms with Crippen LogP contribution >= 0.6 is 23.4 Å². The summed E-state index contributed by atoms with van der Waals surface area (Å²) in [7, 11) is 0. The van der Waals surface area contributed by atoms with E-state index in [1.807, 2.05) is 0 Å². The molecule has 4 rings (SSSR count). The number of hydrogen-bond donors (Lipinski definition) is 1. The number of fused-ring (bicyclic) bond motifs is 5. The van der Waals surface area contributed by atoms with E-state index in [0.29, 0.717) is 23.5 Å². The maximum absolute atomic E-state index is 12.4. The number of carbonyl (C=O) groups is 1. The number of hydrogen-bond acceptors (Lipinski definition) is 3. The van der Waals surface area contributed by atoms with Gasteiger partial charge in [0.25, 0.3) is 0 Å².